The molecule has 0 N–H and O–H groups in total. The lowest BCUT2D eigenvalue weighted by molar-refractivity contribution is -0.137. The highest BCUT2D eigenvalue weighted by molar-refractivity contribution is 5.97. The van der Waals surface area contributed by atoms with Crippen molar-refractivity contribution in [2.45, 2.75) is 25.6 Å². The molecular formula is C21H21F3N2O3. The molecule has 0 bridgehead atoms. The van der Waals surface area contributed by atoms with Crippen molar-refractivity contribution in [2.24, 2.45) is 0 Å². The van der Waals surface area contributed by atoms with Gasteiger partial charge in [0.1, 0.15) is 12.4 Å². The molecule has 1 heterocycles. The van der Waals surface area contributed by atoms with Crippen molar-refractivity contribution in [1.29, 1.82) is 0 Å². The average Bonchev–Trinajstić information content (AvgIpc) is 2.71. The number of benzene rings is 2. The van der Waals surface area contributed by atoms with E-state index in [9.17, 15) is 22.8 Å². The van der Waals surface area contributed by atoms with Crippen LogP contribution in [0, 0.1) is 0 Å². The smallest absolute Gasteiger partial charge is 0.416 e. The number of halogens is 3. The number of para-hydroxylation sites is 2. The summed E-state index contributed by atoms with van der Waals surface area (Å²) in [5, 5.41) is 0. The first-order valence-electron chi connectivity index (χ1n) is 9.18. The molecular weight excluding hydrogens is 385 g/mol. The highest BCUT2D eigenvalue weighted by Crippen LogP contribution is 2.31. The third-order valence-electron chi connectivity index (χ3n) is 4.71. The molecule has 0 radical (unpaired) electrons. The van der Waals surface area contributed by atoms with Gasteiger partial charge in [0.05, 0.1) is 17.8 Å². The van der Waals surface area contributed by atoms with Crippen molar-refractivity contribution in [3.8, 4) is 5.75 Å². The summed E-state index contributed by atoms with van der Waals surface area (Å²) in [4.78, 5) is 27.9. The van der Waals surface area contributed by atoms with Crippen molar-refractivity contribution < 1.29 is 27.5 Å². The first-order chi connectivity index (χ1) is 13.8. The predicted molar refractivity (Wildman–Crippen MR) is 101 cm³/mol. The van der Waals surface area contributed by atoms with E-state index in [1.54, 1.807) is 24.1 Å². The molecule has 0 atom stereocenters. The molecule has 2 amide bonds. The van der Waals surface area contributed by atoms with Gasteiger partial charge in [-0.15, -0.1) is 0 Å². The molecule has 1 aliphatic rings. The van der Waals surface area contributed by atoms with Crippen LogP contribution < -0.4 is 9.64 Å². The van der Waals surface area contributed by atoms with E-state index in [4.69, 9.17) is 4.74 Å². The van der Waals surface area contributed by atoms with Gasteiger partial charge in [-0.25, -0.2) is 0 Å². The number of ether oxygens (including phenoxy) is 1. The summed E-state index contributed by atoms with van der Waals surface area (Å²) < 4.78 is 43.4. The summed E-state index contributed by atoms with van der Waals surface area (Å²) in [6.07, 6.45) is -4.32. The second-order valence-electron chi connectivity index (χ2n) is 6.81. The van der Waals surface area contributed by atoms with Gasteiger partial charge in [-0.3, -0.25) is 9.59 Å². The number of hydrogen-bond donors (Lipinski definition) is 0. The van der Waals surface area contributed by atoms with Gasteiger partial charge in [-0.2, -0.15) is 13.2 Å². The van der Waals surface area contributed by atoms with Crippen LogP contribution in [0.4, 0.5) is 18.9 Å². The quantitative estimate of drug-likeness (QED) is 0.758. The van der Waals surface area contributed by atoms with Gasteiger partial charge in [0, 0.05) is 26.4 Å². The largest absolute Gasteiger partial charge is 0.490 e. The maximum atomic E-state index is 12.6. The van der Waals surface area contributed by atoms with Crippen LogP contribution in [0.2, 0.25) is 0 Å². The van der Waals surface area contributed by atoms with Crippen LogP contribution in [-0.2, 0) is 22.3 Å². The van der Waals surface area contributed by atoms with Crippen LogP contribution >= 0.6 is 0 Å². The Morgan fingerprint density at radius 1 is 1.07 bits per heavy atom. The fraction of sp³-hybridized carbons (Fsp3) is 0.333. The molecule has 0 unspecified atom stereocenters. The molecule has 0 saturated carbocycles. The minimum absolute atomic E-state index is 0.0233. The third-order valence-corrected chi connectivity index (χ3v) is 4.71. The lowest BCUT2D eigenvalue weighted by Gasteiger charge is -2.29. The van der Waals surface area contributed by atoms with Gasteiger partial charge in [0.15, 0.2) is 0 Å². The molecule has 154 valence electrons. The summed E-state index contributed by atoms with van der Waals surface area (Å²) in [7, 11) is 1.56. The number of nitrogens with zero attached hydrogens (tertiary/aromatic N) is 2. The van der Waals surface area contributed by atoms with Crippen LogP contribution in [0.5, 0.6) is 5.75 Å². The maximum Gasteiger partial charge on any atom is 0.416 e. The molecule has 29 heavy (non-hydrogen) atoms. The second kappa shape index (κ2) is 8.55. The fourth-order valence-corrected chi connectivity index (χ4v) is 3.13. The number of anilines is 1. The minimum Gasteiger partial charge on any atom is -0.490 e. The lowest BCUT2D eigenvalue weighted by atomic mass is 10.1. The van der Waals surface area contributed by atoms with E-state index in [1.807, 2.05) is 12.1 Å². The molecule has 3 rings (SSSR count). The van der Waals surface area contributed by atoms with Gasteiger partial charge < -0.3 is 14.5 Å². The van der Waals surface area contributed by atoms with E-state index in [1.165, 1.54) is 17.0 Å². The topological polar surface area (TPSA) is 49.9 Å². The van der Waals surface area contributed by atoms with Gasteiger partial charge >= 0.3 is 6.18 Å². The van der Waals surface area contributed by atoms with E-state index in [2.05, 4.69) is 0 Å². The third kappa shape index (κ3) is 5.07. The number of alkyl halides is 3. The molecule has 0 fully saturated rings. The van der Waals surface area contributed by atoms with E-state index < -0.39 is 11.7 Å². The van der Waals surface area contributed by atoms with Gasteiger partial charge in [0.25, 0.3) is 0 Å². The number of carbonyl (C=O) groups is 2. The lowest BCUT2D eigenvalue weighted by Crippen LogP contribution is -2.38. The number of fused-ring (bicyclic) bond motifs is 1. The first-order valence-corrected chi connectivity index (χ1v) is 9.18. The van der Waals surface area contributed by atoms with Crippen LogP contribution in [0.1, 0.15) is 24.0 Å². The Morgan fingerprint density at radius 3 is 2.45 bits per heavy atom. The highest BCUT2D eigenvalue weighted by Gasteiger charge is 2.30. The van der Waals surface area contributed by atoms with Crippen molar-refractivity contribution >= 4 is 17.5 Å². The molecule has 0 aliphatic carbocycles. The standard InChI is InChI=1S/C21H21F3N2O3/c1-25(14-15-6-8-16(9-7-15)21(22,23)24)19(27)10-11-20(28)26-12-13-29-18-5-3-2-4-17(18)26/h2-9H,10-14H2,1H3. The summed E-state index contributed by atoms with van der Waals surface area (Å²) >= 11 is 0. The van der Waals surface area contributed by atoms with Crippen LogP contribution in [0.15, 0.2) is 48.5 Å². The Hall–Kier alpha value is -3.03. The van der Waals surface area contributed by atoms with Crippen molar-refractivity contribution in [1.82, 2.24) is 4.90 Å². The second-order valence-corrected chi connectivity index (χ2v) is 6.81. The normalized spacial score (nSPS) is 13.4. The van der Waals surface area contributed by atoms with Crippen LogP contribution in [0.3, 0.4) is 0 Å². The van der Waals surface area contributed by atoms with Gasteiger partial charge in [0.2, 0.25) is 11.8 Å². The number of amides is 2. The van der Waals surface area contributed by atoms with Crippen molar-refractivity contribution in [2.75, 3.05) is 25.1 Å². The zero-order valence-electron chi connectivity index (χ0n) is 15.9. The van der Waals surface area contributed by atoms with E-state index in [0.29, 0.717) is 30.2 Å². The van der Waals surface area contributed by atoms with Gasteiger partial charge in [-0.1, -0.05) is 24.3 Å². The summed E-state index contributed by atoms with van der Waals surface area (Å²) in [5.74, 6) is 0.217. The molecule has 8 heteroatoms. The molecule has 1 aliphatic heterocycles. The Labute approximate surface area is 166 Å². The SMILES string of the molecule is CN(Cc1ccc(C(F)(F)F)cc1)C(=O)CCC(=O)N1CCOc2ccccc21. The Morgan fingerprint density at radius 2 is 1.76 bits per heavy atom. The maximum absolute atomic E-state index is 12.6. The van der Waals surface area contributed by atoms with Gasteiger partial charge in [-0.05, 0) is 29.8 Å². The Balaban J connectivity index is 1.53. The molecule has 2 aromatic carbocycles. The van der Waals surface area contributed by atoms with Crippen LogP contribution in [-0.4, -0.2) is 36.9 Å². The predicted octanol–water partition coefficient (Wildman–Crippen LogP) is 3.87. The molecule has 2 aromatic rings. The highest BCUT2D eigenvalue weighted by atomic mass is 19.4. The number of hydrogen-bond acceptors (Lipinski definition) is 3. The number of rotatable bonds is 5. The van der Waals surface area contributed by atoms with Crippen LogP contribution in [0.25, 0.3) is 0 Å². The summed E-state index contributed by atoms with van der Waals surface area (Å²) in [6.45, 7) is 0.988. The molecule has 0 saturated heterocycles. The number of carbonyl (C=O) groups excluding carboxylic acids is 2. The monoisotopic (exact) mass is 406 g/mol. The molecule has 0 spiro atoms. The summed E-state index contributed by atoms with van der Waals surface area (Å²) in [5.41, 5.74) is 0.545. The minimum atomic E-state index is -4.39. The van der Waals surface area contributed by atoms with E-state index >= 15 is 0 Å². The summed E-state index contributed by atoms with van der Waals surface area (Å²) in [6, 6.07) is 11.9. The van der Waals surface area contributed by atoms with E-state index in [-0.39, 0.29) is 31.2 Å². The zero-order valence-corrected chi connectivity index (χ0v) is 15.9. The Kier molecular flexibility index (Phi) is 6.10. The average molecular weight is 406 g/mol. The van der Waals surface area contributed by atoms with E-state index in [0.717, 1.165) is 12.1 Å². The first kappa shape index (κ1) is 20.7. The van der Waals surface area contributed by atoms with Crippen molar-refractivity contribution in [3.05, 3.63) is 59.7 Å². The zero-order chi connectivity index (χ0) is 21.0. The Bertz CT molecular complexity index is 881. The molecule has 0 aromatic heterocycles. The fourth-order valence-electron chi connectivity index (χ4n) is 3.13. The molecule has 5 nitrogen and oxygen atoms in total. The van der Waals surface area contributed by atoms with Crippen molar-refractivity contribution in [3.63, 3.8) is 0 Å².